The largest absolute Gasteiger partial charge is 0.478 e. The van der Waals surface area contributed by atoms with Crippen molar-refractivity contribution in [3.8, 4) is 0 Å². The summed E-state index contributed by atoms with van der Waals surface area (Å²) in [4.78, 5) is 21.9. The summed E-state index contributed by atoms with van der Waals surface area (Å²) in [6.07, 6.45) is 0. The zero-order valence-corrected chi connectivity index (χ0v) is 11.8. The number of aromatic carboxylic acids is 1. The van der Waals surface area contributed by atoms with Crippen LogP contribution in [-0.2, 0) is 11.3 Å². The van der Waals surface area contributed by atoms with E-state index in [9.17, 15) is 9.59 Å². The number of amides is 1. The topological polar surface area (TPSA) is 91.6 Å². The molecule has 0 atom stereocenters. The summed E-state index contributed by atoms with van der Waals surface area (Å²) in [5, 5.41) is 14.8. The van der Waals surface area contributed by atoms with Gasteiger partial charge < -0.3 is 20.2 Å². The Balaban J connectivity index is 2.04. The summed E-state index contributed by atoms with van der Waals surface area (Å²) in [5.74, 6) is -0.226. The lowest BCUT2D eigenvalue weighted by Gasteiger charge is -2.07. The highest BCUT2D eigenvalue weighted by Gasteiger charge is 2.13. The van der Waals surface area contributed by atoms with Gasteiger partial charge in [-0.25, -0.2) is 4.79 Å². The minimum absolute atomic E-state index is 0.139. The zero-order chi connectivity index (χ0) is 15.4. The van der Waals surface area contributed by atoms with Crippen LogP contribution in [0.1, 0.15) is 28.8 Å². The molecule has 0 unspecified atom stereocenters. The van der Waals surface area contributed by atoms with Crippen molar-refractivity contribution in [1.29, 1.82) is 0 Å². The van der Waals surface area contributed by atoms with E-state index in [1.54, 1.807) is 19.1 Å². The monoisotopic (exact) mass is 288 g/mol. The fourth-order valence-electron chi connectivity index (χ4n) is 1.94. The molecule has 6 heteroatoms. The number of furan rings is 1. The average Bonchev–Trinajstić information content (AvgIpc) is 2.77. The third-order valence-corrected chi connectivity index (χ3v) is 2.85. The number of nitrogens with one attached hydrogen (secondary N) is 2. The van der Waals surface area contributed by atoms with E-state index in [0.29, 0.717) is 23.8 Å². The Morgan fingerprint density at radius 2 is 1.95 bits per heavy atom. The third kappa shape index (κ3) is 3.85. The summed E-state index contributed by atoms with van der Waals surface area (Å²) in [6, 6.07) is 8.73. The predicted octanol–water partition coefficient (Wildman–Crippen LogP) is 2.86. The van der Waals surface area contributed by atoms with E-state index in [0.717, 1.165) is 5.69 Å². The molecule has 0 aliphatic carbocycles. The quantitative estimate of drug-likeness (QED) is 0.787. The number of carboxylic acid groups (broad SMARTS) is 1. The average molecular weight is 288 g/mol. The Morgan fingerprint density at radius 3 is 2.57 bits per heavy atom. The lowest BCUT2D eigenvalue weighted by Crippen LogP contribution is -2.06. The smallest absolute Gasteiger partial charge is 0.339 e. The van der Waals surface area contributed by atoms with E-state index >= 15 is 0 Å². The number of hydrogen-bond donors (Lipinski definition) is 3. The highest BCUT2D eigenvalue weighted by molar-refractivity contribution is 5.89. The first-order valence-corrected chi connectivity index (χ1v) is 6.40. The first-order valence-electron chi connectivity index (χ1n) is 6.40. The Kier molecular flexibility index (Phi) is 4.27. The van der Waals surface area contributed by atoms with Crippen molar-refractivity contribution in [2.75, 3.05) is 10.6 Å². The molecule has 1 amide bonds. The second kappa shape index (κ2) is 6.13. The summed E-state index contributed by atoms with van der Waals surface area (Å²) >= 11 is 0. The molecule has 2 aromatic rings. The molecule has 6 nitrogen and oxygen atoms in total. The van der Waals surface area contributed by atoms with Gasteiger partial charge in [0.1, 0.15) is 17.1 Å². The maximum Gasteiger partial charge on any atom is 0.339 e. The van der Waals surface area contributed by atoms with Crippen molar-refractivity contribution in [3.63, 3.8) is 0 Å². The Morgan fingerprint density at radius 1 is 1.24 bits per heavy atom. The normalized spacial score (nSPS) is 10.2. The molecular weight excluding hydrogens is 272 g/mol. The Hall–Kier alpha value is -2.76. The van der Waals surface area contributed by atoms with E-state index in [1.807, 2.05) is 12.1 Å². The van der Waals surface area contributed by atoms with E-state index in [-0.39, 0.29) is 11.5 Å². The molecule has 1 aromatic heterocycles. The van der Waals surface area contributed by atoms with Gasteiger partial charge in [0, 0.05) is 18.3 Å². The van der Waals surface area contributed by atoms with Gasteiger partial charge in [-0.2, -0.15) is 0 Å². The SMILES string of the molecule is CC(=O)Nc1cccc(NCc2cc(C(=O)O)c(C)o2)c1. The van der Waals surface area contributed by atoms with Gasteiger partial charge in [-0.15, -0.1) is 0 Å². The molecule has 0 aliphatic rings. The van der Waals surface area contributed by atoms with E-state index < -0.39 is 5.97 Å². The van der Waals surface area contributed by atoms with Gasteiger partial charge in [-0.1, -0.05) is 6.07 Å². The second-order valence-corrected chi connectivity index (χ2v) is 4.60. The van der Waals surface area contributed by atoms with Crippen LogP contribution in [0.15, 0.2) is 34.7 Å². The number of hydrogen-bond acceptors (Lipinski definition) is 4. The third-order valence-electron chi connectivity index (χ3n) is 2.85. The maximum atomic E-state index is 11.0. The predicted molar refractivity (Wildman–Crippen MR) is 78.5 cm³/mol. The lowest BCUT2D eigenvalue weighted by molar-refractivity contribution is -0.114. The van der Waals surface area contributed by atoms with Crippen LogP contribution in [0.4, 0.5) is 11.4 Å². The molecule has 110 valence electrons. The molecular formula is C15H16N2O4. The number of aryl methyl sites for hydroxylation is 1. The number of carbonyl (C=O) groups excluding carboxylic acids is 1. The standard InChI is InChI=1S/C15H16N2O4/c1-9-14(15(19)20)7-13(21-9)8-16-11-4-3-5-12(6-11)17-10(2)18/h3-7,16H,8H2,1-2H3,(H,17,18)(H,19,20). The minimum Gasteiger partial charge on any atom is -0.478 e. The molecule has 0 bridgehead atoms. The van der Waals surface area contributed by atoms with Crippen molar-refractivity contribution >= 4 is 23.3 Å². The van der Waals surface area contributed by atoms with Crippen LogP contribution >= 0.6 is 0 Å². The van der Waals surface area contributed by atoms with E-state index in [2.05, 4.69) is 10.6 Å². The number of rotatable bonds is 5. The van der Waals surface area contributed by atoms with E-state index in [1.165, 1.54) is 13.0 Å². The lowest BCUT2D eigenvalue weighted by atomic mass is 10.2. The number of anilines is 2. The second-order valence-electron chi connectivity index (χ2n) is 4.60. The first kappa shape index (κ1) is 14.6. The summed E-state index contributed by atoms with van der Waals surface area (Å²) in [6.45, 7) is 3.42. The molecule has 0 spiro atoms. The fourth-order valence-corrected chi connectivity index (χ4v) is 1.94. The summed E-state index contributed by atoms with van der Waals surface area (Å²) < 4.78 is 5.38. The Bertz CT molecular complexity index is 676. The molecule has 0 saturated heterocycles. The highest BCUT2D eigenvalue weighted by atomic mass is 16.4. The minimum atomic E-state index is -1.00. The molecule has 2 rings (SSSR count). The van der Waals surface area contributed by atoms with Gasteiger partial charge in [-0.05, 0) is 31.2 Å². The van der Waals surface area contributed by atoms with Gasteiger partial charge in [-0.3, -0.25) is 4.79 Å². The first-order chi connectivity index (χ1) is 9.95. The molecule has 0 aliphatic heterocycles. The van der Waals surface area contributed by atoms with Crippen molar-refractivity contribution in [2.45, 2.75) is 20.4 Å². The van der Waals surface area contributed by atoms with Crippen molar-refractivity contribution in [1.82, 2.24) is 0 Å². The molecule has 1 heterocycles. The number of benzene rings is 1. The zero-order valence-electron chi connectivity index (χ0n) is 11.8. The summed E-state index contributed by atoms with van der Waals surface area (Å²) in [5.41, 5.74) is 1.65. The molecule has 1 aromatic carbocycles. The van der Waals surface area contributed by atoms with Gasteiger partial charge >= 0.3 is 5.97 Å². The van der Waals surface area contributed by atoms with Crippen LogP contribution in [0.2, 0.25) is 0 Å². The highest BCUT2D eigenvalue weighted by Crippen LogP contribution is 2.18. The fraction of sp³-hybridized carbons (Fsp3) is 0.200. The molecule has 3 N–H and O–H groups in total. The molecule has 0 saturated carbocycles. The van der Waals surface area contributed by atoms with Crippen LogP contribution in [-0.4, -0.2) is 17.0 Å². The van der Waals surface area contributed by atoms with Crippen LogP contribution in [0, 0.1) is 6.92 Å². The van der Waals surface area contributed by atoms with E-state index in [4.69, 9.17) is 9.52 Å². The maximum absolute atomic E-state index is 11.0. The summed E-state index contributed by atoms with van der Waals surface area (Å²) in [7, 11) is 0. The molecule has 0 radical (unpaired) electrons. The van der Waals surface area contributed by atoms with Crippen LogP contribution < -0.4 is 10.6 Å². The van der Waals surface area contributed by atoms with Crippen molar-refractivity contribution < 1.29 is 19.1 Å². The van der Waals surface area contributed by atoms with Crippen molar-refractivity contribution in [3.05, 3.63) is 47.4 Å². The van der Waals surface area contributed by atoms with Crippen molar-refractivity contribution in [2.24, 2.45) is 0 Å². The Labute approximate surface area is 121 Å². The van der Waals surface area contributed by atoms with Crippen LogP contribution in [0.5, 0.6) is 0 Å². The van der Waals surface area contributed by atoms with Gasteiger partial charge in [0.25, 0.3) is 0 Å². The van der Waals surface area contributed by atoms with Gasteiger partial charge in [0.05, 0.1) is 6.54 Å². The number of carbonyl (C=O) groups is 2. The molecule has 21 heavy (non-hydrogen) atoms. The molecule has 0 fully saturated rings. The van der Waals surface area contributed by atoms with Gasteiger partial charge in [0.2, 0.25) is 5.91 Å². The van der Waals surface area contributed by atoms with Crippen LogP contribution in [0.3, 0.4) is 0 Å². The number of carboxylic acids is 1. The van der Waals surface area contributed by atoms with Crippen LogP contribution in [0.25, 0.3) is 0 Å². The van der Waals surface area contributed by atoms with Gasteiger partial charge in [0.15, 0.2) is 0 Å².